The largest absolute Gasteiger partial charge is 0.466 e. The molecule has 3 rings (SSSR count). The van der Waals surface area contributed by atoms with Crippen LogP contribution in [0.4, 0.5) is 5.69 Å². The molecule has 0 saturated heterocycles. The van der Waals surface area contributed by atoms with Crippen LogP contribution in [0.1, 0.15) is 73.4 Å². The van der Waals surface area contributed by atoms with Crippen molar-refractivity contribution in [3.63, 3.8) is 0 Å². The van der Waals surface area contributed by atoms with E-state index in [1.54, 1.807) is 38.1 Å². The zero-order valence-electron chi connectivity index (χ0n) is 24.2. The molecule has 0 fully saturated rings. The minimum Gasteiger partial charge on any atom is -0.466 e. The predicted molar refractivity (Wildman–Crippen MR) is 154 cm³/mol. The molecule has 10 heteroatoms. The van der Waals surface area contributed by atoms with Gasteiger partial charge in [-0.2, -0.15) is 0 Å². The number of amides is 2. The van der Waals surface area contributed by atoms with Crippen molar-refractivity contribution in [1.82, 2.24) is 15.2 Å². The average Bonchev–Trinajstić information content (AvgIpc) is 3.38. The van der Waals surface area contributed by atoms with Gasteiger partial charge in [-0.1, -0.05) is 20.8 Å². The first-order valence-electron chi connectivity index (χ1n) is 13.8. The van der Waals surface area contributed by atoms with E-state index in [9.17, 15) is 19.2 Å². The molecular weight excluding hydrogens is 512 g/mol. The summed E-state index contributed by atoms with van der Waals surface area (Å²) in [6.45, 7) is 14.7. The van der Waals surface area contributed by atoms with Crippen molar-refractivity contribution in [1.29, 1.82) is 0 Å². The third-order valence-corrected chi connectivity index (χ3v) is 7.08. The fourth-order valence-corrected chi connectivity index (χ4v) is 4.65. The van der Waals surface area contributed by atoms with E-state index in [4.69, 9.17) is 9.47 Å². The Bertz CT molecular complexity index is 1290. The second kappa shape index (κ2) is 13.9. The van der Waals surface area contributed by atoms with Crippen molar-refractivity contribution in [2.24, 2.45) is 5.92 Å². The molecule has 40 heavy (non-hydrogen) atoms. The highest BCUT2D eigenvalue weighted by molar-refractivity contribution is 6.35. The van der Waals surface area contributed by atoms with Gasteiger partial charge in [0, 0.05) is 42.1 Å². The van der Waals surface area contributed by atoms with Crippen LogP contribution in [0.2, 0.25) is 0 Å². The molecule has 10 nitrogen and oxygen atoms in total. The lowest BCUT2D eigenvalue weighted by Gasteiger charge is -2.18. The maximum atomic E-state index is 12.9. The fourth-order valence-electron chi connectivity index (χ4n) is 4.65. The molecule has 2 amide bonds. The van der Waals surface area contributed by atoms with Gasteiger partial charge in [0.2, 0.25) is 0 Å². The fraction of sp³-hybridized carbons (Fsp3) is 0.467. The lowest BCUT2D eigenvalue weighted by molar-refractivity contribution is -0.148. The number of esters is 2. The van der Waals surface area contributed by atoms with Gasteiger partial charge in [0.1, 0.15) is 5.75 Å². The predicted octanol–water partition coefficient (Wildman–Crippen LogP) is 4.08. The quantitative estimate of drug-likeness (QED) is 0.194. The number of aryl methyl sites for hydroxylation is 1. The number of nitrogens with one attached hydrogen (secondary N) is 3. The molecule has 0 saturated carbocycles. The Kier molecular flexibility index (Phi) is 10.7. The smallest absolute Gasteiger partial charge is 0.311 e. The minimum atomic E-state index is -0.480. The molecule has 1 aromatic carbocycles. The summed E-state index contributed by atoms with van der Waals surface area (Å²) in [6.07, 6.45) is 2.07. The lowest BCUT2D eigenvalue weighted by Crippen LogP contribution is -2.35. The van der Waals surface area contributed by atoms with Crippen LogP contribution in [-0.2, 0) is 19.1 Å². The number of hydrogen-bond donors (Lipinski definition) is 3. The number of ether oxygens (including phenoxy) is 2. The highest BCUT2D eigenvalue weighted by atomic mass is 16.5. The van der Waals surface area contributed by atoms with Crippen LogP contribution < -0.4 is 15.4 Å². The van der Waals surface area contributed by atoms with Crippen molar-refractivity contribution in [2.75, 3.05) is 38.1 Å². The van der Waals surface area contributed by atoms with Crippen molar-refractivity contribution in [2.45, 2.75) is 54.4 Å². The van der Waals surface area contributed by atoms with Crippen LogP contribution in [0.25, 0.3) is 11.6 Å². The zero-order valence-corrected chi connectivity index (χ0v) is 24.2. The lowest BCUT2D eigenvalue weighted by atomic mass is 10.0. The van der Waals surface area contributed by atoms with Gasteiger partial charge >= 0.3 is 11.9 Å². The Hall–Kier alpha value is -3.92. The molecule has 1 atom stereocenters. The number of rotatable bonds is 13. The molecule has 2 aromatic rings. The monoisotopic (exact) mass is 552 g/mol. The van der Waals surface area contributed by atoms with Gasteiger partial charge in [0.15, 0.2) is 0 Å². The molecule has 0 spiro atoms. The highest BCUT2D eigenvalue weighted by Gasteiger charge is 2.27. The summed E-state index contributed by atoms with van der Waals surface area (Å²) in [7, 11) is 0. The van der Waals surface area contributed by atoms with Gasteiger partial charge in [-0.05, 0) is 70.1 Å². The first-order chi connectivity index (χ1) is 19.1. The number of likely N-dealkylation sites (N-methyl/N-ethyl adjacent to an activating group) is 1. The molecule has 2 heterocycles. The maximum Gasteiger partial charge on any atom is 0.311 e. The standard InChI is InChI=1S/C30H40N4O6/c1-7-34(8-2)15-14-31-29(37)27-19(5)25(32-20(27)6)17-23-22-16-21(11-12-24(22)33-28(23)36)40-26(35)13-10-18(4)30(38)39-9-3/h11-12,16-18,32H,7-10,13-15H2,1-6H3,(H,31,37)(H,33,36)/b23-17-. The van der Waals surface area contributed by atoms with Crippen molar-refractivity contribution in [3.8, 4) is 5.75 Å². The topological polar surface area (TPSA) is 130 Å². The summed E-state index contributed by atoms with van der Waals surface area (Å²) < 4.78 is 10.5. The number of nitrogens with zero attached hydrogens (tertiary/aromatic N) is 1. The number of aromatic nitrogens is 1. The van der Waals surface area contributed by atoms with Gasteiger partial charge in [-0.15, -0.1) is 0 Å². The first-order valence-corrected chi connectivity index (χ1v) is 13.8. The van der Waals surface area contributed by atoms with E-state index < -0.39 is 11.9 Å². The highest BCUT2D eigenvalue weighted by Crippen LogP contribution is 2.36. The van der Waals surface area contributed by atoms with Gasteiger partial charge < -0.3 is 30.0 Å². The normalized spacial score (nSPS) is 14.2. The molecular formula is C30H40N4O6. The van der Waals surface area contributed by atoms with E-state index >= 15 is 0 Å². The van der Waals surface area contributed by atoms with Gasteiger partial charge in [0.05, 0.1) is 23.7 Å². The van der Waals surface area contributed by atoms with E-state index in [2.05, 4.69) is 34.4 Å². The number of anilines is 1. The van der Waals surface area contributed by atoms with Crippen LogP contribution in [0.15, 0.2) is 18.2 Å². The number of fused-ring (bicyclic) bond motifs is 1. The second-order valence-electron chi connectivity index (χ2n) is 9.83. The second-order valence-corrected chi connectivity index (χ2v) is 9.83. The summed E-state index contributed by atoms with van der Waals surface area (Å²) in [6, 6.07) is 4.93. The van der Waals surface area contributed by atoms with Crippen LogP contribution in [-0.4, -0.2) is 66.4 Å². The van der Waals surface area contributed by atoms with E-state index in [-0.39, 0.29) is 24.2 Å². The molecule has 1 aliphatic rings. The molecule has 1 unspecified atom stereocenters. The van der Waals surface area contributed by atoms with Crippen molar-refractivity contribution >= 4 is 41.1 Å². The number of carbonyl (C=O) groups excluding carboxylic acids is 4. The number of hydrogen-bond acceptors (Lipinski definition) is 7. The van der Waals surface area contributed by atoms with Gasteiger partial charge in [-0.25, -0.2) is 0 Å². The summed E-state index contributed by atoms with van der Waals surface area (Å²) in [5.74, 6) is -1.40. The minimum absolute atomic E-state index is 0.0532. The number of carbonyl (C=O) groups is 4. The Labute approximate surface area is 235 Å². The summed E-state index contributed by atoms with van der Waals surface area (Å²) >= 11 is 0. The molecule has 1 aromatic heterocycles. The Balaban J connectivity index is 1.74. The first kappa shape index (κ1) is 30.6. The SMILES string of the molecule is CCOC(=O)C(C)CCC(=O)Oc1ccc2c(c1)/C(=C/c1[nH]c(C)c(C(=O)NCCN(CC)CC)c1C)C(=O)N2. The molecule has 1 aliphatic heterocycles. The summed E-state index contributed by atoms with van der Waals surface area (Å²) in [5.41, 5.74) is 4.24. The number of aromatic amines is 1. The third kappa shape index (κ3) is 7.38. The average molecular weight is 553 g/mol. The summed E-state index contributed by atoms with van der Waals surface area (Å²) in [5, 5.41) is 5.82. The van der Waals surface area contributed by atoms with E-state index in [0.29, 0.717) is 59.1 Å². The molecule has 0 aliphatic carbocycles. The van der Waals surface area contributed by atoms with Crippen LogP contribution in [0.5, 0.6) is 5.75 Å². The molecule has 0 radical (unpaired) electrons. The van der Waals surface area contributed by atoms with E-state index in [1.165, 1.54) is 0 Å². The van der Waals surface area contributed by atoms with Crippen LogP contribution in [0.3, 0.4) is 0 Å². The van der Waals surface area contributed by atoms with Crippen molar-refractivity contribution in [3.05, 3.63) is 46.3 Å². The molecule has 216 valence electrons. The number of H-pyrrole nitrogens is 1. The number of benzene rings is 1. The third-order valence-electron chi connectivity index (χ3n) is 7.08. The van der Waals surface area contributed by atoms with Crippen LogP contribution in [0, 0.1) is 19.8 Å². The Morgan fingerprint density at radius 1 is 1.12 bits per heavy atom. The summed E-state index contributed by atoms with van der Waals surface area (Å²) in [4.78, 5) is 55.5. The zero-order chi connectivity index (χ0) is 29.4. The Morgan fingerprint density at radius 2 is 1.85 bits per heavy atom. The molecule has 0 bridgehead atoms. The Morgan fingerprint density at radius 3 is 2.52 bits per heavy atom. The van der Waals surface area contributed by atoms with Gasteiger partial charge in [0.25, 0.3) is 11.8 Å². The van der Waals surface area contributed by atoms with Gasteiger partial charge in [-0.3, -0.25) is 19.2 Å². The van der Waals surface area contributed by atoms with Crippen molar-refractivity contribution < 1.29 is 28.7 Å². The molecule has 3 N–H and O–H groups in total. The van der Waals surface area contributed by atoms with E-state index in [0.717, 1.165) is 25.2 Å². The maximum absolute atomic E-state index is 12.9. The van der Waals surface area contributed by atoms with Crippen LogP contribution >= 0.6 is 0 Å². The van der Waals surface area contributed by atoms with E-state index in [1.807, 2.05) is 13.8 Å².